The number of aliphatic hydroxyl groups excluding tert-OH is 1. The van der Waals surface area contributed by atoms with Crippen LogP contribution in [0, 0.1) is 6.92 Å². The SMILES string of the molecule is Cc1sc2ncnc(NCCCCCO)c2c1-c1ccccc1. The largest absolute Gasteiger partial charge is 0.396 e. The fourth-order valence-corrected chi connectivity index (χ4v) is 3.76. The van der Waals surface area contributed by atoms with Gasteiger partial charge in [-0.3, -0.25) is 0 Å². The number of aliphatic hydroxyl groups is 1. The van der Waals surface area contributed by atoms with Gasteiger partial charge in [0.05, 0.1) is 5.39 Å². The molecule has 0 bridgehead atoms. The summed E-state index contributed by atoms with van der Waals surface area (Å²) in [6, 6.07) is 10.4. The van der Waals surface area contributed by atoms with E-state index < -0.39 is 0 Å². The molecular weight excluding hydrogens is 306 g/mol. The number of thiophene rings is 1. The second kappa shape index (κ2) is 7.53. The first-order valence-electron chi connectivity index (χ1n) is 7.95. The van der Waals surface area contributed by atoms with E-state index in [4.69, 9.17) is 5.11 Å². The molecule has 2 N–H and O–H groups in total. The van der Waals surface area contributed by atoms with Crippen molar-refractivity contribution in [2.24, 2.45) is 0 Å². The molecule has 4 nitrogen and oxygen atoms in total. The van der Waals surface area contributed by atoms with Crippen molar-refractivity contribution >= 4 is 27.4 Å². The lowest BCUT2D eigenvalue weighted by atomic mass is 10.0. The third-order valence-corrected chi connectivity index (χ3v) is 4.87. The van der Waals surface area contributed by atoms with Gasteiger partial charge in [0.25, 0.3) is 0 Å². The van der Waals surface area contributed by atoms with Crippen LogP contribution in [0.3, 0.4) is 0 Å². The van der Waals surface area contributed by atoms with Gasteiger partial charge in [0.15, 0.2) is 0 Å². The highest BCUT2D eigenvalue weighted by Crippen LogP contribution is 2.40. The number of unbranched alkanes of at least 4 members (excludes halogenated alkanes) is 2. The average Bonchev–Trinajstić information content (AvgIpc) is 2.92. The molecule has 0 spiro atoms. The Balaban J connectivity index is 1.93. The molecular formula is C18H21N3OS. The van der Waals surface area contributed by atoms with Crippen LogP contribution in [0.25, 0.3) is 21.3 Å². The van der Waals surface area contributed by atoms with Gasteiger partial charge in [0.2, 0.25) is 0 Å². The molecule has 5 heteroatoms. The fraction of sp³-hybridized carbons (Fsp3) is 0.333. The van der Waals surface area contributed by atoms with Crippen molar-refractivity contribution in [3.63, 3.8) is 0 Å². The third kappa shape index (κ3) is 3.51. The molecule has 120 valence electrons. The Hall–Kier alpha value is -1.98. The number of anilines is 1. The Morgan fingerprint density at radius 1 is 1.09 bits per heavy atom. The van der Waals surface area contributed by atoms with Crippen molar-refractivity contribution in [3.8, 4) is 11.1 Å². The lowest BCUT2D eigenvalue weighted by molar-refractivity contribution is 0.283. The van der Waals surface area contributed by atoms with E-state index in [-0.39, 0.29) is 6.61 Å². The fourth-order valence-electron chi connectivity index (χ4n) is 2.75. The van der Waals surface area contributed by atoms with E-state index in [1.165, 1.54) is 16.0 Å². The third-order valence-electron chi connectivity index (χ3n) is 3.85. The molecule has 0 fully saturated rings. The molecule has 0 saturated carbocycles. The second-order valence-corrected chi connectivity index (χ2v) is 6.72. The van der Waals surface area contributed by atoms with Crippen molar-refractivity contribution in [1.82, 2.24) is 9.97 Å². The van der Waals surface area contributed by atoms with E-state index in [0.717, 1.165) is 41.8 Å². The number of hydrogen-bond acceptors (Lipinski definition) is 5. The van der Waals surface area contributed by atoms with Gasteiger partial charge >= 0.3 is 0 Å². The topological polar surface area (TPSA) is 58.0 Å². The molecule has 0 amide bonds. The second-order valence-electron chi connectivity index (χ2n) is 5.51. The van der Waals surface area contributed by atoms with Gasteiger partial charge in [0.1, 0.15) is 17.0 Å². The number of nitrogens with zero attached hydrogens (tertiary/aromatic N) is 2. The summed E-state index contributed by atoms with van der Waals surface area (Å²) in [6.45, 7) is 3.26. The number of fused-ring (bicyclic) bond motifs is 1. The standard InChI is InChI=1S/C18H21N3OS/c1-13-15(14-8-4-2-5-9-14)16-17(19-10-6-3-7-11-22)20-12-21-18(16)23-13/h2,4-5,8-9,12,22H,3,6-7,10-11H2,1H3,(H,19,20,21). The first kappa shape index (κ1) is 15.9. The van der Waals surface area contributed by atoms with Gasteiger partial charge < -0.3 is 10.4 Å². The number of nitrogens with one attached hydrogen (secondary N) is 1. The minimum Gasteiger partial charge on any atom is -0.396 e. The minimum atomic E-state index is 0.264. The highest BCUT2D eigenvalue weighted by molar-refractivity contribution is 7.19. The molecule has 0 saturated heterocycles. The van der Waals surface area contributed by atoms with Crippen molar-refractivity contribution in [3.05, 3.63) is 41.5 Å². The van der Waals surface area contributed by atoms with Gasteiger partial charge in [0, 0.05) is 23.6 Å². The summed E-state index contributed by atoms with van der Waals surface area (Å²) >= 11 is 1.71. The zero-order valence-electron chi connectivity index (χ0n) is 13.2. The first-order valence-corrected chi connectivity index (χ1v) is 8.77. The summed E-state index contributed by atoms with van der Waals surface area (Å²) in [7, 11) is 0. The van der Waals surface area contributed by atoms with Crippen LogP contribution in [-0.2, 0) is 0 Å². The Morgan fingerprint density at radius 2 is 1.91 bits per heavy atom. The quantitative estimate of drug-likeness (QED) is 0.637. The molecule has 1 aromatic carbocycles. The van der Waals surface area contributed by atoms with E-state index >= 15 is 0 Å². The molecule has 0 aliphatic carbocycles. The maximum absolute atomic E-state index is 8.85. The number of hydrogen-bond donors (Lipinski definition) is 2. The molecule has 2 aromatic heterocycles. The summed E-state index contributed by atoms with van der Waals surface area (Å²) in [6.07, 6.45) is 4.53. The summed E-state index contributed by atoms with van der Waals surface area (Å²) in [5.41, 5.74) is 2.43. The minimum absolute atomic E-state index is 0.264. The summed E-state index contributed by atoms with van der Waals surface area (Å²) < 4.78 is 0. The molecule has 23 heavy (non-hydrogen) atoms. The van der Waals surface area contributed by atoms with Crippen LogP contribution in [0.4, 0.5) is 5.82 Å². The zero-order valence-corrected chi connectivity index (χ0v) is 14.1. The van der Waals surface area contributed by atoms with Gasteiger partial charge in [-0.15, -0.1) is 11.3 Å². The van der Waals surface area contributed by atoms with Crippen LogP contribution in [-0.4, -0.2) is 28.2 Å². The molecule has 0 aliphatic heterocycles. The Labute approximate surface area is 140 Å². The van der Waals surface area contributed by atoms with Crippen LogP contribution < -0.4 is 5.32 Å². The van der Waals surface area contributed by atoms with E-state index in [1.807, 2.05) is 6.07 Å². The van der Waals surface area contributed by atoms with Crippen LogP contribution >= 0.6 is 11.3 Å². The molecule has 0 atom stereocenters. The van der Waals surface area contributed by atoms with Crippen LogP contribution in [0.2, 0.25) is 0 Å². The maximum atomic E-state index is 8.85. The van der Waals surface area contributed by atoms with Gasteiger partial charge in [-0.05, 0) is 31.7 Å². The average molecular weight is 327 g/mol. The molecule has 2 heterocycles. The number of benzene rings is 1. The smallest absolute Gasteiger partial charge is 0.138 e. The van der Waals surface area contributed by atoms with E-state index in [1.54, 1.807) is 17.7 Å². The van der Waals surface area contributed by atoms with Crippen LogP contribution in [0.1, 0.15) is 24.1 Å². The van der Waals surface area contributed by atoms with Crippen molar-refractivity contribution < 1.29 is 5.11 Å². The Bertz CT molecular complexity index is 771. The molecule has 3 aromatic rings. The van der Waals surface area contributed by atoms with Crippen molar-refractivity contribution in [1.29, 1.82) is 0 Å². The maximum Gasteiger partial charge on any atom is 0.138 e. The van der Waals surface area contributed by atoms with Crippen molar-refractivity contribution in [2.75, 3.05) is 18.5 Å². The molecule has 3 rings (SSSR count). The lowest BCUT2D eigenvalue weighted by Gasteiger charge is -2.08. The highest BCUT2D eigenvalue weighted by Gasteiger charge is 2.16. The lowest BCUT2D eigenvalue weighted by Crippen LogP contribution is -2.04. The molecule has 0 unspecified atom stereocenters. The zero-order chi connectivity index (χ0) is 16.1. The van der Waals surface area contributed by atoms with Crippen LogP contribution in [0.5, 0.6) is 0 Å². The first-order chi connectivity index (χ1) is 11.3. The summed E-state index contributed by atoms with van der Waals surface area (Å²) in [4.78, 5) is 11.2. The van der Waals surface area contributed by atoms with E-state index in [0.29, 0.717) is 0 Å². The van der Waals surface area contributed by atoms with Gasteiger partial charge in [-0.25, -0.2) is 9.97 Å². The summed E-state index contributed by atoms with van der Waals surface area (Å²) in [5.74, 6) is 0.905. The summed E-state index contributed by atoms with van der Waals surface area (Å²) in [5, 5.41) is 13.4. The predicted octanol–water partition coefficient (Wildman–Crippen LogP) is 4.24. The monoisotopic (exact) mass is 327 g/mol. The normalized spacial score (nSPS) is 11.0. The number of aromatic nitrogens is 2. The highest BCUT2D eigenvalue weighted by atomic mass is 32.1. The van der Waals surface area contributed by atoms with Gasteiger partial charge in [-0.1, -0.05) is 30.3 Å². The van der Waals surface area contributed by atoms with E-state index in [9.17, 15) is 0 Å². The predicted molar refractivity (Wildman–Crippen MR) is 97.0 cm³/mol. The van der Waals surface area contributed by atoms with Gasteiger partial charge in [-0.2, -0.15) is 0 Å². The van der Waals surface area contributed by atoms with Crippen LogP contribution in [0.15, 0.2) is 36.7 Å². The Kier molecular flexibility index (Phi) is 5.20. The number of rotatable bonds is 7. The molecule has 0 radical (unpaired) electrons. The Morgan fingerprint density at radius 3 is 2.70 bits per heavy atom. The van der Waals surface area contributed by atoms with E-state index in [2.05, 4.69) is 46.5 Å². The molecule has 0 aliphatic rings. The number of aryl methyl sites for hydroxylation is 1. The van der Waals surface area contributed by atoms with Crippen molar-refractivity contribution in [2.45, 2.75) is 26.2 Å².